The van der Waals surface area contributed by atoms with Crippen LogP contribution in [0.1, 0.15) is 17.2 Å². The van der Waals surface area contributed by atoms with Gasteiger partial charge in [0.1, 0.15) is 17.3 Å². The van der Waals surface area contributed by atoms with E-state index in [4.69, 9.17) is 16.3 Å². The summed E-state index contributed by atoms with van der Waals surface area (Å²) in [6.07, 6.45) is 1.46. The molecule has 3 aromatic rings. The summed E-state index contributed by atoms with van der Waals surface area (Å²) in [5.41, 5.74) is 0.231. The molecule has 10 heteroatoms. The van der Waals surface area contributed by atoms with Crippen molar-refractivity contribution in [1.29, 1.82) is 0 Å². The fraction of sp³-hybridized carbons (Fsp3) is 0.0870. The summed E-state index contributed by atoms with van der Waals surface area (Å²) in [5.74, 6) is -1.70. The van der Waals surface area contributed by atoms with Crippen molar-refractivity contribution in [2.75, 3.05) is 12.0 Å². The lowest BCUT2D eigenvalue weighted by Crippen LogP contribution is -2.30. The Bertz CT molecular complexity index is 1290. The molecule has 1 saturated heterocycles. The molecule has 33 heavy (non-hydrogen) atoms. The van der Waals surface area contributed by atoms with Crippen molar-refractivity contribution in [2.45, 2.75) is 6.04 Å². The zero-order valence-corrected chi connectivity index (χ0v) is 17.9. The molecule has 0 spiro atoms. The van der Waals surface area contributed by atoms with Crippen LogP contribution in [0.3, 0.4) is 0 Å². The predicted octanol–water partition coefficient (Wildman–Crippen LogP) is 4.28. The largest absolute Gasteiger partial charge is 0.507 e. The molecule has 0 bridgehead atoms. The number of hydrogen-bond acceptors (Lipinski definition) is 7. The number of anilines is 1. The molecule has 1 aromatic heterocycles. The first kappa shape index (κ1) is 22.0. The predicted molar refractivity (Wildman–Crippen MR) is 120 cm³/mol. The molecule has 1 unspecified atom stereocenters. The number of aromatic nitrogens is 1. The Morgan fingerprint density at radius 2 is 1.88 bits per heavy atom. The van der Waals surface area contributed by atoms with E-state index < -0.39 is 28.4 Å². The maximum atomic E-state index is 13.1. The number of carbonyl (C=O) groups excluding carboxylic acids is 2. The molecule has 2 aromatic carbocycles. The van der Waals surface area contributed by atoms with E-state index in [9.17, 15) is 24.8 Å². The summed E-state index contributed by atoms with van der Waals surface area (Å²) >= 11 is 6.18. The van der Waals surface area contributed by atoms with E-state index in [-0.39, 0.29) is 27.7 Å². The number of nitrogens with zero attached hydrogens (tertiary/aromatic N) is 3. The minimum atomic E-state index is -1.07. The van der Waals surface area contributed by atoms with Crippen LogP contribution in [0.2, 0.25) is 5.02 Å². The van der Waals surface area contributed by atoms with Gasteiger partial charge < -0.3 is 9.84 Å². The fourth-order valence-electron chi connectivity index (χ4n) is 3.63. The topological polar surface area (TPSA) is 123 Å². The van der Waals surface area contributed by atoms with Crippen molar-refractivity contribution >= 4 is 40.6 Å². The van der Waals surface area contributed by atoms with E-state index in [1.54, 1.807) is 18.2 Å². The van der Waals surface area contributed by atoms with Crippen LogP contribution < -0.4 is 9.64 Å². The van der Waals surface area contributed by atoms with Gasteiger partial charge in [-0.3, -0.25) is 24.6 Å². The lowest BCUT2D eigenvalue weighted by molar-refractivity contribution is -0.384. The second-order valence-electron chi connectivity index (χ2n) is 7.06. The first-order chi connectivity index (χ1) is 15.8. The maximum Gasteiger partial charge on any atom is 0.301 e. The Balaban J connectivity index is 1.92. The van der Waals surface area contributed by atoms with Gasteiger partial charge in [0.25, 0.3) is 11.5 Å². The van der Waals surface area contributed by atoms with Crippen molar-refractivity contribution in [3.05, 3.63) is 98.7 Å². The Morgan fingerprint density at radius 3 is 2.45 bits per heavy atom. The quantitative estimate of drug-likeness (QED) is 0.196. The second-order valence-corrected chi connectivity index (χ2v) is 7.46. The summed E-state index contributed by atoms with van der Waals surface area (Å²) < 4.78 is 5.12. The number of hydrogen-bond donors (Lipinski definition) is 1. The molecule has 1 amide bonds. The first-order valence-corrected chi connectivity index (χ1v) is 10.0. The number of amides is 1. The Hall–Kier alpha value is -4.24. The zero-order chi connectivity index (χ0) is 23.7. The number of pyridine rings is 1. The SMILES string of the molecule is COc1ccc(C(O)=C2C(=O)C(=O)N(c3ccccn3)C2c2ccc([N+](=O)[O-])cc2)cc1Cl. The minimum absolute atomic E-state index is 0.157. The zero-order valence-electron chi connectivity index (χ0n) is 17.1. The Labute approximate surface area is 192 Å². The van der Waals surface area contributed by atoms with E-state index in [0.717, 1.165) is 4.90 Å². The molecule has 166 valence electrons. The number of nitro benzene ring substituents is 1. The van der Waals surface area contributed by atoms with Gasteiger partial charge in [0, 0.05) is 23.9 Å². The van der Waals surface area contributed by atoms with E-state index in [0.29, 0.717) is 11.3 Å². The monoisotopic (exact) mass is 465 g/mol. The van der Waals surface area contributed by atoms with Gasteiger partial charge in [-0.05, 0) is 48.0 Å². The van der Waals surface area contributed by atoms with Crippen LogP contribution in [0.4, 0.5) is 11.5 Å². The van der Waals surface area contributed by atoms with Crippen molar-refractivity contribution in [2.24, 2.45) is 0 Å². The molecule has 1 aliphatic heterocycles. The molecule has 1 atom stereocenters. The summed E-state index contributed by atoms with van der Waals surface area (Å²) in [4.78, 5) is 41.9. The van der Waals surface area contributed by atoms with E-state index in [1.165, 1.54) is 55.8 Å². The van der Waals surface area contributed by atoms with Gasteiger partial charge in [-0.1, -0.05) is 17.7 Å². The molecule has 4 rings (SSSR count). The summed E-state index contributed by atoms with van der Waals surface area (Å²) in [6, 6.07) is 13.6. The number of benzene rings is 2. The van der Waals surface area contributed by atoms with Crippen molar-refractivity contribution in [1.82, 2.24) is 4.98 Å². The number of nitro groups is 1. The molecule has 2 heterocycles. The summed E-state index contributed by atoms with van der Waals surface area (Å²) in [6.45, 7) is 0. The lowest BCUT2D eigenvalue weighted by atomic mass is 9.95. The first-order valence-electron chi connectivity index (χ1n) is 9.63. The highest BCUT2D eigenvalue weighted by molar-refractivity contribution is 6.51. The van der Waals surface area contributed by atoms with Crippen LogP contribution in [-0.4, -0.2) is 33.8 Å². The molecule has 0 radical (unpaired) electrons. The second kappa shape index (κ2) is 8.71. The van der Waals surface area contributed by atoms with Gasteiger partial charge >= 0.3 is 5.91 Å². The van der Waals surface area contributed by atoms with Crippen molar-refractivity contribution in [3.63, 3.8) is 0 Å². The highest BCUT2D eigenvalue weighted by Crippen LogP contribution is 2.42. The van der Waals surface area contributed by atoms with Gasteiger partial charge in [-0.15, -0.1) is 0 Å². The smallest absolute Gasteiger partial charge is 0.301 e. The molecule has 0 saturated carbocycles. The third-order valence-corrected chi connectivity index (χ3v) is 5.48. The van der Waals surface area contributed by atoms with Crippen LogP contribution in [0.5, 0.6) is 5.75 Å². The highest BCUT2D eigenvalue weighted by Gasteiger charge is 2.47. The third kappa shape index (κ3) is 3.90. The standard InChI is InChI=1S/C23H16ClN3O6/c1-33-17-10-7-14(12-16(17)24)21(28)19-20(13-5-8-15(9-6-13)27(31)32)26(23(30)22(19)29)18-4-2-3-11-25-18/h2-12,20,28H,1H3. The Kier molecular flexibility index (Phi) is 5.80. The molecular weight excluding hydrogens is 450 g/mol. The van der Waals surface area contributed by atoms with E-state index in [2.05, 4.69) is 4.98 Å². The fourth-order valence-corrected chi connectivity index (χ4v) is 3.89. The number of carbonyl (C=O) groups is 2. The number of ether oxygens (including phenoxy) is 1. The van der Waals surface area contributed by atoms with Crippen molar-refractivity contribution < 1.29 is 24.4 Å². The number of non-ortho nitro benzene ring substituents is 1. The number of halogens is 1. The normalized spacial score (nSPS) is 17.3. The maximum absolute atomic E-state index is 13.1. The molecular formula is C23H16ClN3O6. The lowest BCUT2D eigenvalue weighted by Gasteiger charge is -2.24. The van der Waals surface area contributed by atoms with E-state index in [1.807, 2.05) is 0 Å². The third-order valence-electron chi connectivity index (χ3n) is 5.19. The molecule has 1 N–H and O–H groups in total. The van der Waals surface area contributed by atoms with Crippen LogP contribution in [0, 0.1) is 10.1 Å². The van der Waals surface area contributed by atoms with E-state index >= 15 is 0 Å². The van der Waals surface area contributed by atoms with Crippen LogP contribution in [0.25, 0.3) is 5.76 Å². The van der Waals surface area contributed by atoms with Gasteiger partial charge in [0.2, 0.25) is 0 Å². The molecule has 1 fully saturated rings. The van der Waals surface area contributed by atoms with Gasteiger partial charge in [0.05, 0.1) is 28.7 Å². The van der Waals surface area contributed by atoms with Gasteiger partial charge in [-0.25, -0.2) is 4.98 Å². The average Bonchev–Trinajstić information content (AvgIpc) is 3.09. The number of aliphatic hydroxyl groups excluding tert-OH is 1. The summed E-state index contributed by atoms with van der Waals surface area (Å²) in [5, 5.41) is 22.4. The number of ketones is 1. The minimum Gasteiger partial charge on any atom is -0.507 e. The molecule has 1 aliphatic rings. The molecule has 9 nitrogen and oxygen atoms in total. The number of aliphatic hydroxyl groups is 1. The van der Waals surface area contributed by atoms with Crippen molar-refractivity contribution in [3.8, 4) is 5.75 Å². The number of methoxy groups -OCH3 is 1. The van der Waals surface area contributed by atoms with Crippen LogP contribution in [0.15, 0.2) is 72.4 Å². The number of rotatable bonds is 5. The van der Waals surface area contributed by atoms with Gasteiger partial charge in [-0.2, -0.15) is 0 Å². The average molecular weight is 466 g/mol. The van der Waals surface area contributed by atoms with Crippen LogP contribution in [-0.2, 0) is 9.59 Å². The highest BCUT2D eigenvalue weighted by atomic mass is 35.5. The number of Topliss-reactive ketones (excluding diaryl/α,β-unsaturated/α-hetero) is 1. The Morgan fingerprint density at radius 1 is 1.15 bits per heavy atom. The van der Waals surface area contributed by atoms with Crippen LogP contribution >= 0.6 is 11.6 Å². The summed E-state index contributed by atoms with van der Waals surface area (Å²) in [7, 11) is 1.44. The molecule has 0 aliphatic carbocycles. The van der Waals surface area contributed by atoms with Gasteiger partial charge in [0.15, 0.2) is 0 Å².